The van der Waals surface area contributed by atoms with Crippen molar-refractivity contribution in [3.63, 3.8) is 0 Å². The van der Waals surface area contributed by atoms with Crippen molar-refractivity contribution >= 4 is 11.8 Å². The van der Waals surface area contributed by atoms with Gasteiger partial charge in [-0.25, -0.2) is 4.39 Å². The Hall–Kier alpha value is -0.580. The summed E-state index contributed by atoms with van der Waals surface area (Å²) in [5.41, 5.74) is 0.788. The molecule has 2 atom stereocenters. The first-order valence-electron chi connectivity index (χ1n) is 6.94. The van der Waals surface area contributed by atoms with Gasteiger partial charge < -0.3 is 5.32 Å². The predicted octanol–water partition coefficient (Wildman–Crippen LogP) is 2.91. The van der Waals surface area contributed by atoms with Crippen LogP contribution in [0.4, 0.5) is 4.39 Å². The van der Waals surface area contributed by atoms with Crippen LogP contribution < -0.4 is 5.32 Å². The summed E-state index contributed by atoms with van der Waals surface area (Å²) in [7, 11) is 2.08. The molecule has 1 aliphatic heterocycles. The van der Waals surface area contributed by atoms with E-state index in [1.807, 2.05) is 23.9 Å². The van der Waals surface area contributed by atoms with Crippen LogP contribution in [0.5, 0.6) is 0 Å². The molecule has 2 unspecified atom stereocenters. The maximum atomic E-state index is 13.8. The third-order valence-corrected chi connectivity index (χ3v) is 4.98. The molecule has 0 aromatic heterocycles. The minimum absolute atomic E-state index is 0.104. The molecule has 1 N–H and O–H groups in total. The van der Waals surface area contributed by atoms with E-state index in [0.717, 1.165) is 25.1 Å². The summed E-state index contributed by atoms with van der Waals surface area (Å²) in [4.78, 5) is 2.24. The van der Waals surface area contributed by atoms with Gasteiger partial charge in [0.25, 0.3) is 0 Å². The lowest BCUT2D eigenvalue weighted by Crippen LogP contribution is -2.40. The van der Waals surface area contributed by atoms with Crippen molar-refractivity contribution in [3.8, 4) is 0 Å². The molecule has 1 aromatic rings. The summed E-state index contributed by atoms with van der Waals surface area (Å²) >= 11 is 2.02. The van der Waals surface area contributed by atoms with Crippen LogP contribution in [0.1, 0.15) is 24.9 Å². The molecule has 4 heteroatoms. The summed E-state index contributed by atoms with van der Waals surface area (Å²) in [5, 5.41) is 3.54. The zero-order valence-corrected chi connectivity index (χ0v) is 12.5. The molecule has 1 aliphatic rings. The minimum atomic E-state index is -0.104. The fourth-order valence-corrected chi connectivity index (χ4v) is 3.41. The number of nitrogens with zero attached hydrogens (tertiary/aromatic N) is 1. The van der Waals surface area contributed by atoms with Crippen LogP contribution in [0.15, 0.2) is 24.3 Å². The van der Waals surface area contributed by atoms with Gasteiger partial charge in [-0.15, -0.1) is 0 Å². The predicted molar refractivity (Wildman–Crippen MR) is 81.2 cm³/mol. The van der Waals surface area contributed by atoms with E-state index in [-0.39, 0.29) is 11.9 Å². The van der Waals surface area contributed by atoms with E-state index in [2.05, 4.69) is 24.2 Å². The summed E-state index contributed by atoms with van der Waals surface area (Å²) in [5.74, 6) is 2.31. The Morgan fingerprint density at radius 2 is 2.26 bits per heavy atom. The molecule has 0 bridgehead atoms. The highest BCUT2D eigenvalue weighted by molar-refractivity contribution is 7.99. The van der Waals surface area contributed by atoms with Crippen molar-refractivity contribution in [1.29, 1.82) is 0 Å². The summed E-state index contributed by atoms with van der Waals surface area (Å²) in [6.07, 6.45) is 1.13. The van der Waals surface area contributed by atoms with E-state index in [1.165, 1.54) is 11.5 Å². The normalized spacial score (nSPS) is 21.6. The second-order valence-electron chi connectivity index (χ2n) is 5.19. The van der Waals surface area contributed by atoms with Crippen LogP contribution in [0.25, 0.3) is 0 Å². The van der Waals surface area contributed by atoms with Gasteiger partial charge in [-0.05, 0) is 33.0 Å². The molecule has 0 saturated carbocycles. The average molecular weight is 282 g/mol. The van der Waals surface area contributed by atoms with E-state index in [9.17, 15) is 4.39 Å². The standard InChI is InChI=1S/C15H23FN2S/c1-12(14-5-3-4-6-15(14)16)18(2)9-7-13-11-19-10-8-17-13/h3-6,12-13,17H,7-11H2,1-2H3. The highest BCUT2D eigenvalue weighted by Crippen LogP contribution is 2.22. The van der Waals surface area contributed by atoms with Crippen LogP contribution in [0.2, 0.25) is 0 Å². The molecule has 1 saturated heterocycles. The van der Waals surface area contributed by atoms with Gasteiger partial charge in [0.2, 0.25) is 0 Å². The van der Waals surface area contributed by atoms with E-state index in [1.54, 1.807) is 12.1 Å². The molecular weight excluding hydrogens is 259 g/mol. The zero-order chi connectivity index (χ0) is 13.7. The lowest BCUT2D eigenvalue weighted by atomic mass is 10.1. The van der Waals surface area contributed by atoms with Crippen molar-refractivity contribution in [2.24, 2.45) is 0 Å². The molecule has 0 spiro atoms. The third-order valence-electron chi connectivity index (χ3n) is 3.85. The SMILES string of the molecule is CC(c1ccccc1F)N(C)CCC1CSCCN1. The Balaban J connectivity index is 1.85. The third kappa shape index (κ3) is 4.20. The van der Waals surface area contributed by atoms with Gasteiger partial charge in [0.05, 0.1) is 0 Å². The van der Waals surface area contributed by atoms with Gasteiger partial charge in [-0.3, -0.25) is 4.90 Å². The fraction of sp³-hybridized carbons (Fsp3) is 0.600. The van der Waals surface area contributed by atoms with Crippen LogP contribution in [0.3, 0.4) is 0 Å². The molecule has 0 radical (unpaired) electrons. The lowest BCUT2D eigenvalue weighted by molar-refractivity contribution is 0.243. The average Bonchev–Trinajstić information content (AvgIpc) is 2.45. The Morgan fingerprint density at radius 1 is 1.47 bits per heavy atom. The van der Waals surface area contributed by atoms with E-state index >= 15 is 0 Å². The first-order chi connectivity index (χ1) is 9.18. The minimum Gasteiger partial charge on any atom is -0.312 e. The van der Waals surface area contributed by atoms with Crippen molar-refractivity contribution in [1.82, 2.24) is 10.2 Å². The van der Waals surface area contributed by atoms with Gasteiger partial charge >= 0.3 is 0 Å². The van der Waals surface area contributed by atoms with Gasteiger partial charge in [-0.2, -0.15) is 11.8 Å². The van der Waals surface area contributed by atoms with Gasteiger partial charge in [0.1, 0.15) is 5.82 Å². The van der Waals surface area contributed by atoms with Crippen LogP contribution >= 0.6 is 11.8 Å². The monoisotopic (exact) mass is 282 g/mol. The lowest BCUT2D eigenvalue weighted by Gasteiger charge is -2.29. The molecule has 0 aliphatic carbocycles. The van der Waals surface area contributed by atoms with Crippen molar-refractivity contribution in [2.75, 3.05) is 31.6 Å². The van der Waals surface area contributed by atoms with Gasteiger partial charge in [0.15, 0.2) is 0 Å². The molecular formula is C15H23FN2S. The Labute approximate surface area is 119 Å². The Morgan fingerprint density at radius 3 is 2.95 bits per heavy atom. The number of nitrogens with one attached hydrogen (secondary N) is 1. The van der Waals surface area contributed by atoms with Gasteiger partial charge in [-0.1, -0.05) is 18.2 Å². The summed E-state index contributed by atoms with van der Waals surface area (Å²) < 4.78 is 13.8. The second kappa shape index (κ2) is 7.27. The number of hydrogen-bond donors (Lipinski definition) is 1. The smallest absolute Gasteiger partial charge is 0.127 e. The van der Waals surface area contributed by atoms with Crippen molar-refractivity contribution < 1.29 is 4.39 Å². The molecule has 1 heterocycles. The topological polar surface area (TPSA) is 15.3 Å². The molecule has 1 aromatic carbocycles. The Kier molecular flexibility index (Phi) is 5.67. The Bertz CT molecular complexity index is 393. The maximum absolute atomic E-state index is 13.8. The number of hydrogen-bond acceptors (Lipinski definition) is 3. The molecule has 0 amide bonds. The first kappa shape index (κ1) is 14.8. The highest BCUT2D eigenvalue weighted by Gasteiger charge is 2.18. The van der Waals surface area contributed by atoms with Crippen LogP contribution in [-0.4, -0.2) is 42.6 Å². The highest BCUT2D eigenvalue weighted by atomic mass is 32.2. The quantitative estimate of drug-likeness (QED) is 0.894. The fourth-order valence-electron chi connectivity index (χ4n) is 2.41. The van der Waals surface area contributed by atoms with Crippen LogP contribution in [-0.2, 0) is 0 Å². The molecule has 1 fully saturated rings. The van der Waals surface area contributed by atoms with E-state index in [0.29, 0.717) is 6.04 Å². The maximum Gasteiger partial charge on any atom is 0.127 e. The van der Waals surface area contributed by atoms with Crippen LogP contribution in [0, 0.1) is 5.82 Å². The molecule has 2 rings (SSSR count). The molecule has 2 nitrogen and oxygen atoms in total. The summed E-state index contributed by atoms with van der Waals surface area (Å²) in [6, 6.07) is 7.80. The second-order valence-corrected chi connectivity index (χ2v) is 6.34. The molecule has 19 heavy (non-hydrogen) atoms. The van der Waals surface area contributed by atoms with Crippen molar-refractivity contribution in [3.05, 3.63) is 35.6 Å². The zero-order valence-electron chi connectivity index (χ0n) is 11.7. The van der Waals surface area contributed by atoms with Gasteiger partial charge in [0, 0.05) is 35.7 Å². The van der Waals surface area contributed by atoms with Crippen molar-refractivity contribution in [2.45, 2.75) is 25.4 Å². The van der Waals surface area contributed by atoms with E-state index < -0.39 is 0 Å². The first-order valence-corrected chi connectivity index (χ1v) is 8.09. The molecule has 106 valence electrons. The number of thioether (sulfide) groups is 1. The summed E-state index contributed by atoms with van der Waals surface area (Å²) in [6.45, 7) is 4.18. The number of rotatable bonds is 5. The van der Waals surface area contributed by atoms with E-state index in [4.69, 9.17) is 0 Å². The number of benzene rings is 1. The number of halogens is 1. The largest absolute Gasteiger partial charge is 0.312 e.